The van der Waals surface area contributed by atoms with Crippen molar-refractivity contribution in [2.75, 3.05) is 0 Å². The topological polar surface area (TPSA) is 64.1 Å². The molecule has 0 bridgehead atoms. The molecule has 2 aromatic heterocycles. The highest BCUT2D eigenvalue weighted by Gasteiger charge is 2.23. The Labute approximate surface area is 136 Å². The van der Waals surface area contributed by atoms with E-state index in [1.165, 1.54) is 0 Å². The molecule has 1 N–H and O–H groups in total. The van der Waals surface area contributed by atoms with E-state index in [1.54, 1.807) is 18.6 Å². The van der Waals surface area contributed by atoms with Gasteiger partial charge in [-0.15, -0.1) is 0 Å². The fourth-order valence-electron chi connectivity index (χ4n) is 2.88. The molecule has 0 aliphatic heterocycles. The molecule has 2 aromatic rings. The van der Waals surface area contributed by atoms with Crippen LogP contribution in [-0.2, 0) is 11.2 Å². The van der Waals surface area contributed by atoms with Gasteiger partial charge < -0.3 is 10.1 Å². The third-order valence-corrected chi connectivity index (χ3v) is 4.05. The Hall–Kier alpha value is -2.43. The maximum atomic E-state index is 12.1. The van der Waals surface area contributed by atoms with Crippen LogP contribution in [0, 0.1) is 0 Å². The highest BCUT2D eigenvalue weighted by atomic mass is 16.5. The van der Waals surface area contributed by atoms with Gasteiger partial charge in [-0.2, -0.15) is 0 Å². The van der Waals surface area contributed by atoms with E-state index in [0.717, 1.165) is 31.2 Å². The van der Waals surface area contributed by atoms with Crippen LogP contribution in [-0.4, -0.2) is 28.0 Å². The Bertz CT molecular complexity index is 611. The van der Waals surface area contributed by atoms with E-state index in [2.05, 4.69) is 15.3 Å². The van der Waals surface area contributed by atoms with Gasteiger partial charge in [-0.25, -0.2) is 4.98 Å². The van der Waals surface area contributed by atoms with Crippen LogP contribution >= 0.6 is 0 Å². The van der Waals surface area contributed by atoms with Gasteiger partial charge in [-0.05, 0) is 43.4 Å². The third-order valence-electron chi connectivity index (χ3n) is 4.05. The largest absolute Gasteiger partial charge is 0.474 e. The lowest BCUT2D eigenvalue weighted by molar-refractivity contribution is -0.121. The van der Waals surface area contributed by atoms with E-state index in [-0.39, 0.29) is 18.1 Å². The molecule has 5 heteroatoms. The smallest absolute Gasteiger partial charge is 0.224 e. The van der Waals surface area contributed by atoms with E-state index in [1.807, 2.05) is 30.3 Å². The minimum Gasteiger partial charge on any atom is -0.474 e. The van der Waals surface area contributed by atoms with Crippen LogP contribution in [0.15, 0.2) is 48.9 Å². The summed E-state index contributed by atoms with van der Waals surface area (Å²) in [6, 6.07) is 9.69. The normalized spacial score (nSPS) is 20.7. The molecular formula is C18H21N3O2. The second-order valence-corrected chi connectivity index (χ2v) is 5.87. The summed E-state index contributed by atoms with van der Waals surface area (Å²) in [5.41, 5.74) is 0.942. The molecule has 120 valence electrons. The minimum absolute atomic E-state index is 0.0621. The van der Waals surface area contributed by atoms with Crippen LogP contribution in [0.5, 0.6) is 5.88 Å². The van der Waals surface area contributed by atoms with Crippen molar-refractivity contribution in [3.05, 3.63) is 54.5 Å². The van der Waals surface area contributed by atoms with Gasteiger partial charge >= 0.3 is 0 Å². The molecule has 5 nitrogen and oxygen atoms in total. The Morgan fingerprint density at radius 3 is 2.70 bits per heavy atom. The van der Waals surface area contributed by atoms with Gasteiger partial charge in [0, 0.05) is 30.7 Å². The molecule has 0 radical (unpaired) electrons. The molecule has 1 saturated carbocycles. The van der Waals surface area contributed by atoms with Gasteiger partial charge in [0.15, 0.2) is 0 Å². The second-order valence-electron chi connectivity index (χ2n) is 5.87. The van der Waals surface area contributed by atoms with Gasteiger partial charge in [-0.1, -0.05) is 12.1 Å². The first-order valence-corrected chi connectivity index (χ1v) is 8.05. The van der Waals surface area contributed by atoms with Gasteiger partial charge in [0.05, 0.1) is 6.42 Å². The summed E-state index contributed by atoms with van der Waals surface area (Å²) in [4.78, 5) is 20.3. The lowest BCUT2D eigenvalue weighted by atomic mass is 9.92. The fraction of sp³-hybridized carbons (Fsp3) is 0.389. The Morgan fingerprint density at radius 2 is 2.00 bits per heavy atom. The summed E-state index contributed by atoms with van der Waals surface area (Å²) in [7, 11) is 0. The number of rotatable bonds is 5. The summed E-state index contributed by atoms with van der Waals surface area (Å²) in [5.74, 6) is 0.739. The molecule has 2 heterocycles. The number of nitrogens with zero attached hydrogens (tertiary/aromatic N) is 2. The number of carbonyl (C=O) groups is 1. The van der Waals surface area contributed by atoms with Crippen molar-refractivity contribution < 1.29 is 9.53 Å². The van der Waals surface area contributed by atoms with Crippen molar-refractivity contribution in [3.63, 3.8) is 0 Å². The highest BCUT2D eigenvalue weighted by Crippen LogP contribution is 2.22. The predicted octanol–water partition coefficient (Wildman–Crippen LogP) is 2.53. The zero-order chi connectivity index (χ0) is 15.9. The number of hydrogen-bond donors (Lipinski definition) is 1. The SMILES string of the molecule is O=C(Cc1cccnc1)NC1CCC(Oc2ccccn2)CC1. The van der Waals surface area contributed by atoms with Crippen LogP contribution < -0.4 is 10.1 Å². The average molecular weight is 311 g/mol. The molecule has 3 rings (SSSR count). The molecule has 1 fully saturated rings. The number of ether oxygens (including phenoxy) is 1. The highest BCUT2D eigenvalue weighted by molar-refractivity contribution is 5.78. The van der Waals surface area contributed by atoms with E-state index in [9.17, 15) is 4.79 Å². The Balaban J connectivity index is 1.41. The molecule has 0 aromatic carbocycles. The van der Waals surface area contributed by atoms with Crippen molar-refractivity contribution in [2.24, 2.45) is 0 Å². The van der Waals surface area contributed by atoms with Gasteiger partial charge in [-0.3, -0.25) is 9.78 Å². The van der Waals surface area contributed by atoms with Crippen LogP contribution in [0.3, 0.4) is 0 Å². The van der Waals surface area contributed by atoms with Crippen LogP contribution in [0.4, 0.5) is 0 Å². The molecule has 0 unspecified atom stereocenters. The quantitative estimate of drug-likeness (QED) is 0.921. The zero-order valence-corrected chi connectivity index (χ0v) is 13.0. The van der Waals surface area contributed by atoms with Crippen molar-refractivity contribution >= 4 is 5.91 Å². The minimum atomic E-state index is 0.0621. The number of amides is 1. The average Bonchev–Trinajstić information content (AvgIpc) is 2.58. The van der Waals surface area contributed by atoms with Gasteiger partial charge in [0.25, 0.3) is 0 Å². The molecular weight excluding hydrogens is 290 g/mol. The number of pyridine rings is 2. The summed E-state index contributed by atoms with van der Waals surface area (Å²) < 4.78 is 5.87. The standard InChI is InChI=1S/C18H21N3O2/c22-17(12-14-4-3-10-19-13-14)21-15-6-8-16(9-7-15)23-18-5-1-2-11-20-18/h1-5,10-11,13,15-16H,6-9,12H2,(H,21,22). The number of hydrogen-bond acceptors (Lipinski definition) is 4. The molecule has 1 aliphatic rings. The lowest BCUT2D eigenvalue weighted by Crippen LogP contribution is -2.40. The summed E-state index contributed by atoms with van der Waals surface area (Å²) in [6.45, 7) is 0. The molecule has 0 spiro atoms. The second kappa shape index (κ2) is 7.72. The van der Waals surface area contributed by atoms with Crippen LogP contribution in [0.25, 0.3) is 0 Å². The predicted molar refractivity (Wildman–Crippen MR) is 87.0 cm³/mol. The summed E-state index contributed by atoms with van der Waals surface area (Å²) in [5, 5.41) is 3.11. The Kier molecular flexibility index (Phi) is 5.19. The van der Waals surface area contributed by atoms with E-state index in [4.69, 9.17) is 4.74 Å². The fourth-order valence-corrected chi connectivity index (χ4v) is 2.88. The molecule has 23 heavy (non-hydrogen) atoms. The zero-order valence-electron chi connectivity index (χ0n) is 13.0. The molecule has 1 aliphatic carbocycles. The number of nitrogens with one attached hydrogen (secondary N) is 1. The monoisotopic (exact) mass is 311 g/mol. The van der Waals surface area contributed by atoms with E-state index >= 15 is 0 Å². The first-order chi connectivity index (χ1) is 11.3. The van der Waals surface area contributed by atoms with Crippen molar-refractivity contribution in [3.8, 4) is 5.88 Å². The third kappa shape index (κ3) is 4.77. The van der Waals surface area contributed by atoms with Gasteiger partial charge in [0.2, 0.25) is 11.8 Å². The molecule has 0 atom stereocenters. The lowest BCUT2D eigenvalue weighted by Gasteiger charge is -2.29. The molecule has 0 saturated heterocycles. The van der Waals surface area contributed by atoms with Crippen LogP contribution in [0.2, 0.25) is 0 Å². The van der Waals surface area contributed by atoms with Crippen molar-refractivity contribution in [2.45, 2.75) is 44.2 Å². The number of carbonyl (C=O) groups excluding carboxylic acids is 1. The first-order valence-electron chi connectivity index (χ1n) is 8.05. The van der Waals surface area contributed by atoms with Gasteiger partial charge in [0.1, 0.15) is 6.10 Å². The Morgan fingerprint density at radius 1 is 1.13 bits per heavy atom. The van der Waals surface area contributed by atoms with E-state index < -0.39 is 0 Å². The molecule has 1 amide bonds. The maximum Gasteiger partial charge on any atom is 0.224 e. The maximum absolute atomic E-state index is 12.1. The van der Waals surface area contributed by atoms with Crippen LogP contribution in [0.1, 0.15) is 31.2 Å². The number of aromatic nitrogens is 2. The van der Waals surface area contributed by atoms with Crippen molar-refractivity contribution in [1.82, 2.24) is 15.3 Å². The van der Waals surface area contributed by atoms with Crippen molar-refractivity contribution in [1.29, 1.82) is 0 Å². The summed E-state index contributed by atoms with van der Waals surface area (Å²) in [6.07, 6.45) is 9.52. The van der Waals surface area contributed by atoms with E-state index in [0.29, 0.717) is 12.3 Å². The summed E-state index contributed by atoms with van der Waals surface area (Å²) >= 11 is 0. The first kappa shape index (κ1) is 15.5.